The summed E-state index contributed by atoms with van der Waals surface area (Å²) in [6, 6.07) is 17.7. The van der Waals surface area contributed by atoms with E-state index < -0.39 is 5.97 Å². The van der Waals surface area contributed by atoms with E-state index in [2.05, 4.69) is 0 Å². The zero-order valence-corrected chi connectivity index (χ0v) is 11.8. The lowest BCUT2D eigenvalue weighted by Crippen LogP contribution is -2.54. The molecule has 2 aromatic rings. The molecule has 1 aliphatic heterocycles. The lowest BCUT2D eigenvalue weighted by molar-refractivity contribution is -0.293. The Bertz CT molecular complexity index is 648. The molecule has 0 bridgehead atoms. The van der Waals surface area contributed by atoms with Gasteiger partial charge in [0.25, 0.3) is 5.91 Å². The van der Waals surface area contributed by atoms with E-state index in [4.69, 9.17) is 9.78 Å². The molecule has 0 atom stereocenters. The highest BCUT2D eigenvalue weighted by molar-refractivity contribution is 5.94. The Balaban J connectivity index is 1.44. The van der Waals surface area contributed by atoms with Gasteiger partial charge in [0.1, 0.15) is 6.10 Å². The Morgan fingerprint density at radius 3 is 2.00 bits per heavy atom. The van der Waals surface area contributed by atoms with Crippen molar-refractivity contribution in [2.24, 2.45) is 0 Å². The number of carbonyl (C=O) groups is 2. The molecule has 0 aliphatic carbocycles. The molecule has 0 spiro atoms. The first kappa shape index (κ1) is 14.3. The van der Waals surface area contributed by atoms with Crippen LogP contribution in [0.5, 0.6) is 0 Å². The van der Waals surface area contributed by atoms with Crippen molar-refractivity contribution in [2.45, 2.75) is 6.10 Å². The van der Waals surface area contributed by atoms with Crippen LogP contribution in [0.25, 0.3) is 0 Å². The van der Waals surface area contributed by atoms with Gasteiger partial charge < -0.3 is 4.90 Å². The summed E-state index contributed by atoms with van der Waals surface area (Å²) in [6.45, 7) is 0.825. The molecule has 112 valence electrons. The van der Waals surface area contributed by atoms with E-state index in [1.54, 1.807) is 41.3 Å². The Labute approximate surface area is 128 Å². The highest BCUT2D eigenvalue weighted by Gasteiger charge is 2.33. The van der Waals surface area contributed by atoms with Crippen LogP contribution in [-0.4, -0.2) is 36.0 Å². The lowest BCUT2D eigenvalue weighted by Gasteiger charge is -2.37. The molecular weight excluding hydrogens is 282 g/mol. The van der Waals surface area contributed by atoms with Crippen molar-refractivity contribution in [1.29, 1.82) is 0 Å². The third-order valence-electron chi connectivity index (χ3n) is 3.43. The fourth-order valence-corrected chi connectivity index (χ4v) is 2.16. The van der Waals surface area contributed by atoms with Crippen LogP contribution in [-0.2, 0) is 9.78 Å². The van der Waals surface area contributed by atoms with Crippen molar-refractivity contribution in [1.82, 2.24) is 4.90 Å². The Hall–Kier alpha value is -2.66. The van der Waals surface area contributed by atoms with E-state index in [0.717, 1.165) is 0 Å². The molecule has 22 heavy (non-hydrogen) atoms. The molecule has 5 nitrogen and oxygen atoms in total. The average Bonchev–Trinajstić information content (AvgIpc) is 2.54. The number of benzene rings is 2. The smallest absolute Gasteiger partial charge is 0.333 e. The van der Waals surface area contributed by atoms with E-state index in [1.807, 2.05) is 24.3 Å². The second-order valence-corrected chi connectivity index (χ2v) is 5.03. The largest absolute Gasteiger partial charge is 0.373 e. The number of rotatable bonds is 4. The minimum Gasteiger partial charge on any atom is -0.333 e. The van der Waals surface area contributed by atoms with Crippen LogP contribution in [0.2, 0.25) is 0 Å². The summed E-state index contributed by atoms with van der Waals surface area (Å²) in [4.78, 5) is 35.3. The molecule has 1 amide bonds. The van der Waals surface area contributed by atoms with Gasteiger partial charge in [-0.2, -0.15) is 4.89 Å². The predicted octanol–water partition coefficient (Wildman–Crippen LogP) is 2.30. The van der Waals surface area contributed by atoms with Crippen LogP contribution in [0, 0.1) is 0 Å². The first-order chi connectivity index (χ1) is 10.7. The summed E-state index contributed by atoms with van der Waals surface area (Å²) in [5, 5.41) is 0. The number of carbonyl (C=O) groups excluding carboxylic acids is 2. The summed E-state index contributed by atoms with van der Waals surface area (Å²) < 4.78 is 0. The van der Waals surface area contributed by atoms with Gasteiger partial charge in [0, 0.05) is 5.56 Å². The second-order valence-electron chi connectivity index (χ2n) is 5.03. The maximum absolute atomic E-state index is 12.1. The summed E-state index contributed by atoms with van der Waals surface area (Å²) in [7, 11) is 0. The van der Waals surface area contributed by atoms with Gasteiger partial charge in [0.2, 0.25) is 0 Å². The van der Waals surface area contributed by atoms with E-state index in [-0.39, 0.29) is 12.0 Å². The van der Waals surface area contributed by atoms with Crippen LogP contribution >= 0.6 is 0 Å². The van der Waals surface area contributed by atoms with Gasteiger partial charge >= 0.3 is 5.97 Å². The molecule has 0 aromatic heterocycles. The molecule has 1 fully saturated rings. The van der Waals surface area contributed by atoms with Crippen molar-refractivity contribution >= 4 is 11.9 Å². The molecule has 5 heteroatoms. The average molecular weight is 297 g/mol. The number of hydrogen-bond donors (Lipinski definition) is 0. The number of nitrogens with zero attached hydrogens (tertiary/aromatic N) is 1. The molecule has 0 N–H and O–H groups in total. The normalized spacial score (nSPS) is 14.3. The Kier molecular flexibility index (Phi) is 4.16. The molecule has 2 aromatic carbocycles. The third kappa shape index (κ3) is 3.15. The first-order valence-corrected chi connectivity index (χ1v) is 7.01. The van der Waals surface area contributed by atoms with Crippen LogP contribution in [0.4, 0.5) is 0 Å². The molecular formula is C17H15NO4. The lowest BCUT2D eigenvalue weighted by atomic mass is 10.1. The monoisotopic (exact) mass is 297 g/mol. The summed E-state index contributed by atoms with van der Waals surface area (Å²) >= 11 is 0. The van der Waals surface area contributed by atoms with Crippen LogP contribution in [0.3, 0.4) is 0 Å². The minimum absolute atomic E-state index is 0.0464. The summed E-state index contributed by atoms with van der Waals surface area (Å²) in [5.41, 5.74) is 1.07. The standard InChI is InChI=1S/C17H15NO4/c19-16(13-7-3-1-4-8-13)18-11-15(12-18)21-22-17(20)14-9-5-2-6-10-14/h1-10,15H,11-12H2. The first-order valence-electron chi connectivity index (χ1n) is 7.01. The highest BCUT2D eigenvalue weighted by atomic mass is 17.2. The fraction of sp³-hybridized carbons (Fsp3) is 0.176. The van der Waals surface area contributed by atoms with Gasteiger partial charge in [0.05, 0.1) is 18.7 Å². The number of likely N-dealkylation sites (tertiary alicyclic amines) is 1. The molecule has 1 aliphatic rings. The van der Waals surface area contributed by atoms with Crippen molar-refractivity contribution in [3.8, 4) is 0 Å². The highest BCUT2D eigenvalue weighted by Crippen LogP contribution is 2.16. The fourth-order valence-electron chi connectivity index (χ4n) is 2.16. The molecule has 0 radical (unpaired) electrons. The molecule has 3 rings (SSSR count). The molecule has 1 saturated heterocycles. The summed E-state index contributed by atoms with van der Waals surface area (Å²) in [5.74, 6) is -0.580. The second kappa shape index (κ2) is 6.41. The maximum Gasteiger partial charge on any atom is 0.373 e. The molecule has 1 heterocycles. The molecule has 0 saturated carbocycles. The van der Waals surface area contributed by atoms with Crippen LogP contribution in [0.1, 0.15) is 20.7 Å². The summed E-state index contributed by atoms with van der Waals surface area (Å²) in [6.07, 6.45) is -0.277. The topological polar surface area (TPSA) is 55.8 Å². The van der Waals surface area contributed by atoms with Crippen molar-refractivity contribution in [3.05, 3.63) is 71.8 Å². The van der Waals surface area contributed by atoms with Crippen LogP contribution < -0.4 is 0 Å². The Morgan fingerprint density at radius 1 is 0.864 bits per heavy atom. The van der Waals surface area contributed by atoms with Crippen molar-refractivity contribution in [2.75, 3.05) is 13.1 Å². The van der Waals surface area contributed by atoms with Crippen molar-refractivity contribution < 1.29 is 19.4 Å². The van der Waals surface area contributed by atoms with E-state index >= 15 is 0 Å². The number of amides is 1. The maximum atomic E-state index is 12.1. The third-order valence-corrected chi connectivity index (χ3v) is 3.43. The van der Waals surface area contributed by atoms with E-state index in [1.165, 1.54) is 0 Å². The molecule has 0 unspecified atom stereocenters. The van der Waals surface area contributed by atoms with E-state index in [9.17, 15) is 9.59 Å². The van der Waals surface area contributed by atoms with Gasteiger partial charge in [-0.1, -0.05) is 36.4 Å². The zero-order valence-electron chi connectivity index (χ0n) is 11.8. The van der Waals surface area contributed by atoms with Gasteiger partial charge in [-0.15, -0.1) is 0 Å². The predicted molar refractivity (Wildman–Crippen MR) is 79.1 cm³/mol. The SMILES string of the molecule is O=C(OOC1CN(C(=O)c2ccccc2)C1)c1ccccc1. The van der Waals surface area contributed by atoms with Crippen LogP contribution in [0.15, 0.2) is 60.7 Å². The zero-order chi connectivity index (χ0) is 15.4. The van der Waals surface area contributed by atoms with Gasteiger partial charge in [0.15, 0.2) is 0 Å². The van der Waals surface area contributed by atoms with Crippen molar-refractivity contribution in [3.63, 3.8) is 0 Å². The van der Waals surface area contributed by atoms with Gasteiger partial charge in [-0.3, -0.25) is 9.68 Å². The van der Waals surface area contributed by atoms with Gasteiger partial charge in [-0.25, -0.2) is 4.79 Å². The van der Waals surface area contributed by atoms with E-state index in [0.29, 0.717) is 24.2 Å². The number of hydrogen-bond acceptors (Lipinski definition) is 4. The quantitative estimate of drug-likeness (QED) is 0.642. The Morgan fingerprint density at radius 2 is 1.41 bits per heavy atom. The minimum atomic E-state index is -0.534. The van der Waals surface area contributed by atoms with Gasteiger partial charge in [-0.05, 0) is 24.3 Å².